The number of anilines is 1. The van der Waals surface area contributed by atoms with Crippen molar-refractivity contribution in [2.24, 2.45) is 7.05 Å². The van der Waals surface area contributed by atoms with Gasteiger partial charge in [-0.05, 0) is 24.3 Å². The molecule has 0 saturated carbocycles. The minimum absolute atomic E-state index is 0.00925. The minimum Gasteiger partial charge on any atom is -0.480 e. The fourth-order valence-corrected chi connectivity index (χ4v) is 4.05. The maximum absolute atomic E-state index is 14.0. The van der Waals surface area contributed by atoms with Crippen LogP contribution in [0.5, 0.6) is 5.88 Å². The maximum Gasteiger partial charge on any atom is 0.264 e. The van der Waals surface area contributed by atoms with E-state index in [9.17, 15) is 17.2 Å². The fourth-order valence-electron chi connectivity index (χ4n) is 2.94. The van der Waals surface area contributed by atoms with Gasteiger partial charge in [-0.25, -0.2) is 27.2 Å². The van der Waals surface area contributed by atoms with E-state index < -0.39 is 26.6 Å². The lowest BCUT2D eigenvalue weighted by molar-refractivity contribution is 0.400. The number of sulfonamides is 1. The van der Waals surface area contributed by atoms with Crippen molar-refractivity contribution < 1.29 is 21.9 Å². The Morgan fingerprint density at radius 3 is 2.50 bits per heavy atom. The molecule has 1 aromatic carbocycles. The third-order valence-electron chi connectivity index (χ3n) is 4.38. The molecule has 8 nitrogen and oxygen atoms in total. The Balaban J connectivity index is 1.75. The molecule has 4 aromatic rings. The molecule has 0 amide bonds. The van der Waals surface area contributed by atoms with Crippen LogP contribution in [0.15, 0.2) is 53.8 Å². The van der Waals surface area contributed by atoms with Crippen LogP contribution < -0.4 is 9.46 Å². The van der Waals surface area contributed by atoms with Gasteiger partial charge in [-0.1, -0.05) is 0 Å². The first kappa shape index (κ1) is 19.7. The van der Waals surface area contributed by atoms with Crippen LogP contribution in [0.1, 0.15) is 0 Å². The molecule has 4 rings (SSSR count). The van der Waals surface area contributed by atoms with Gasteiger partial charge in [0.1, 0.15) is 22.2 Å². The van der Waals surface area contributed by atoms with Gasteiger partial charge in [-0.2, -0.15) is 5.10 Å². The first-order valence-electron chi connectivity index (χ1n) is 8.58. The van der Waals surface area contributed by atoms with Gasteiger partial charge in [0.2, 0.25) is 5.88 Å². The van der Waals surface area contributed by atoms with Crippen molar-refractivity contribution in [1.29, 1.82) is 0 Å². The number of hydrogen-bond acceptors (Lipinski definition) is 6. The molecule has 0 spiro atoms. The van der Waals surface area contributed by atoms with Crippen molar-refractivity contribution in [3.63, 3.8) is 0 Å². The van der Waals surface area contributed by atoms with Crippen molar-refractivity contribution in [2.75, 3.05) is 11.8 Å². The summed E-state index contributed by atoms with van der Waals surface area (Å²) in [4.78, 5) is 7.77. The smallest absolute Gasteiger partial charge is 0.264 e. The van der Waals surface area contributed by atoms with Crippen LogP contribution >= 0.6 is 0 Å². The topological polar surface area (TPSA) is 99.0 Å². The second kappa shape index (κ2) is 7.34. The third kappa shape index (κ3) is 3.54. The number of aryl methyl sites for hydroxylation is 1. The summed E-state index contributed by atoms with van der Waals surface area (Å²) in [6.45, 7) is 0. The zero-order chi connectivity index (χ0) is 21.5. The van der Waals surface area contributed by atoms with Crippen LogP contribution in [0.2, 0.25) is 0 Å². The van der Waals surface area contributed by atoms with Crippen molar-refractivity contribution in [3.05, 3.63) is 60.6 Å². The van der Waals surface area contributed by atoms with E-state index in [0.29, 0.717) is 22.8 Å². The molecule has 0 radical (unpaired) electrons. The van der Waals surface area contributed by atoms with E-state index in [4.69, 9.17) is 4.74 Å². The van der Waals surface area contributed by atoms with Crippen LogP contribution in [-0.4, -0.2) is 35.3 Å². The molecule has 11 heteroatoms. The molecule has 154 valence electrons. The molecule has 0 aliphatic rings. The van der Waals surface area contributed by atoms with Crippen molar-refractivity contribution in [2.45, 2.75) is 4.90 Å². The third-order valence-corrected chi connectivity index (χ3v) is 5.78. The average molecular weight is 431 g/mol. The predicted octanol–water partition coefficient (Wildman–Crippen LogP) is 3.12. The molecule has 3 heterocycles. The highest BCUT2D eigenvalue weighted by atomic mass is 32.2. The van der Waals surface area contributed by atoms with Gasteiger partial charge in [0.05, 0.1) is 13.3 Å². The number of nitrogens with zero attached hydrogens (tertiary/aromatic N) is 4. The van der Waals surface area contributed by atoms with Gasteiger partial charge in [0.25, 0.3) is 10.0 Å². The summed E-state index contributed by atoms with van der Waals surface area (Å²) in [6.07, 6.45) is 4.75. The second-order valence-electron chi connectivity index (χ2n) is 6.37. The SMILES string of the molecule is COc1ncc(-c2cnc3c(cnn3C)c2)cc1NS(=O)(=O)c1ccc(F)cc1F. The van der Waals surface area contributed by atoms with E-state index in [1.165, 1.54) is 19.4 Å². The number of methoxy groups -OCH3 is 1. The van der Waals surface area contributed by atoms with Crippen LogP contribution in [0.4, 0.5) is 14.5 Å². The standard InChI is InChI=1S/C19H15F2N5O3S/c1-26-18-13(10-24-26)5-11(8-22-18)12-6-16(19(29-2)23-9-12)25-30(27,28)17-4-3-14(20)7-15(17)21/h3-10,25H,1-2H3. The zero-order valence-corrected chi connectivity index (χ0v) is 16.6. The van der Waals surface area contributed by atoms with Crippen LogP contribution in [0, 0.1) is 11.6 Å². The number of benzene rings is 1. The molecular formula is C19H15F2N5O3S. The number of nitrogens with one attached hydrogen (secondary N) is 1. The number of hydrogen-bond donors (Lipinski definition) is 1. The molecule has 0 atom stereocenters. The Bertz CT molecular complexity index is 1370. The molecule has 30 heavy (non-hydrogen) atoms. The molecule has 1 N–H and O–H groups in total. The summed E-state index contributed by atoms with van der Waals surface area (Å²) < 4.78 is 61.4. The second-order valence-corrected chi connectivity index (χ2v) is 8.02. The first-order chi connectivity index (χ1) is 14.3. The summed E-state index contributed by atoms with van der Waals surface area (Å²) in [5.41, 5.74) is 1.89. The number of halogens is 2. The summed E-state index contributed by atoms with van der Waals surface area (Å²) in [7, 11) is -1.27. The molecule has 0 bridgehead atoms. The molecule has 0 saturated heterocycles. The highest BCUT2D eigenvalue weighted by Crippen LogP contribution is 2.31. The van der Waals surface area contributed by atoms with E-state index in [1.807, 2.05) is 6.07 Å². The molecule has 3 aromatic heterocycles. The zero-order valence-electron chi connectivity index (χ0n) is 15.8. The number of pyridine rings is 2. The summed E-state index contributed by atoms with van der Waals surface area (Å²) >= 11 is 0. The van der Waals surface area contributed by atoms with Crippen LogP contribution in [0.3, 0.4) is 0 Å². The Morgan fingerprint density at radius 1 is 1.03 bits per heavy atom. The van der Waals surface area contributed by atoms with Crippen molar-refractivity contribution in [1.82, 2.24) is 19.7 Å². The first-order valence-corrected chi connectivity index (χ1v) is 10.1. The number of aromatic nitrogens is 4. The summed E-state index contributed by atoms with van der Waals surface area (Å²) in [5, 5.41) is 4.93. The molecular weight excluding hydrogens is 416 g/mol. The predicted molar refractivity (Wildman–Crippen MR) is 105 cm³/mol. The van der Waals surface area contributed by atoms with Gasteiger partial charge >= 0.3 is 0 Å². The normalized spacial score (nSPS) is 11.6. The van der Waals surface area contributed by atoms with Gasteiger partial charge in [-0.3, -0.25) is 9.40 Å². The Kier molecular flexibility index (Phi) is 4.82. The lowest BCUT2D eigenvalue weighted by Crippen LogP contribution is -2.15. The van der Waals surface area contributed by atoms with E-state index in [2.05, 4.69) is 19.8 Å². The number of ether oxygens (including phenoxy) is 1. The molecule has 0 aliphatic carbocycles. The van der Waals surface area contributed by atoms with Crippen molar-refractivity contribution in [3.8, 4) is 17.0 Å². The molecule has 0 unspecified atom stereocenters. The Hall–Kier alpha value is -3.60. The highest BCUT2D eigenvalue weighted by Gasteiger charge is 2.22. The van der Waals surface area contributed by atoms with Crippen LogP contribution in [-0.2, 0) is 17.1 Å². The maximum atomic E-state index is 14.0. The monoisotopic (exact) mass is 431 g/mol. The van der Waals surface area contributed by atoms with Gasteiger partial charge < -0.3 is 4.74 Å². The highest BCUT2D eigenvalue weighted by molar-refractivity contribution is 7.92. The number of rotatable bonds is 5. The molecule has 0 aliphatic heterocycles. The van der Waals surface area contributed by atoms with Crippen molar-refractivity contribution >= 4 is 26.7 Å². The van der Waals surface area contributed by atoms with Gasteiger partial charge in [0.15, 0.2) is 5.65 Å². The average Bonchev–Trinajstić information content (AvgIpc) is 3.07. The summed E-state index contributed by atoms with van der Waals surface area (Å²) in [5.74, 6) is -2.11. The largest absolute Gasteiger partial charge is 0.480 e. The Morgan fingerprint density at radius 2 is 1.77 bits per heavy atom. The van der Waals surface area contributed by atoms with E-state index in [1.54, 1.807) is 24.1 Å². The summed E-state index contributed by atoms with van der Waals surface area (Å²) in [6, 6.07) is 5.52. The van der Waals surface area contributed by atoms with Gasteiger partial charge in [0, 0.05) is 42.0 Å². The van der Waals surface area contributed by atoms with E-state index >= 15 is 0 Å². The van der Waals surface area contributed by atoms with Gasteiger partial charge in [-0.15, -0.1) is 0 Å². The van der Waals surface area contributed by atoms with E-state index in [0.717, 1.165) is 17.5 Å². The number of fused-ring (bicyclic) bond motifs is 1. The fraction of sp³-hybridized carbons (Fsp3) is 0.105. The van der Waals surface area contributed by atoms with E-state index in [-0.39, 0.29) is 11.6 Å². The lowest BCUT2D eigenvalue weighted by atomic mass is 10.1. The minimum atomic E-state index is -4.36. The quantitative estimate of drug-likeness (QED) is 0.521. The lowest BCUT2D eigenvalue weighted by Gasteiger charge is -2.13. The Labute approximate surface area is 170 Å². The molecule has 0 fully saturated rings. The van der Waals surface area contributed by atoms with Crippen LogP contribution in [0.25, 0.3) is 22.2 Å².